The molecule has 0 saturated carbocycles. The Kier molecular flexibility index (Phi) is 4.34. The summed E-state index contributed by atoms with van der Waals surface area (Å²) < 4.78 is 47.4. The molecule has 6 nitrogen and oxygen atoms in total. The maximum absolute atomic E-state index is 13.2. The van der Waals surface area contributed by atoms with Gasteiger partial charge in [-0.1, -0.05) is 11.6 Å². The number of sulfonamides is 1. The van der Waals surface area contributed by atoms with Crippen LogP contribution >= 0.6 is 11.6 Å². The van der Waals surface area contributed by atoms with Gasteiger partial charge in [-0.2, -0.15) is 0 Å². The highest BCUT2D eigenvalue weighted by atomic mass is 35.5. The van der Waals surface area contributed by atoms with Gasteiger partial charge in [0, 0.05) is 12.6 Å². The zero-order chi connectivity index (χ0) is 18.4. The molecule has 0 fully saturated rings. The summed E-state index contributed by atoms with van der Waals surface area (Å²) in [4.78, 5) is 11.7. The van der Waals surface area contributed by atoms with E-state index in [1.54, 1.807) is 19.9 Å². The lowest BCUT2D eigenvalue weighted by Crippen LogP contribution is -2.15. The van der Waals surface area contributed by atoms with E-state index in [2.05, 4.69) is 4.72 Å². The second-order valence-electron chi connectivity index (χ2n) is 5.43. The Morgan fingerprint density at radius 1 is 1.28 bits per heavy atom. The number of hydrogen-bond donors (Lipinski definition) is 1. The molecule has 0 saturated heterocycles. The fourth-order valence-corrected chi connectivity index (χ4v) is 4.03. The van der Waals surface area contributed by atoms with E-state index in [0.29, 0.717) is 17.6 Å². The summed E-state index contributed by atoms with van der Waals surface area (Å²) in [5.41, 5.74) is 1.26. The van der Waals surface area contributed by atoms with Gasteiger partial charge in [0.1, 0.15) is 5.82 Å². The lowest BCUT2D eigenvalue weighted by Gasteiger charge is -2.11. The van der Waals surface area contributed by atoms with Crippen LogP contribution in [0.15, 0.2) is 44.4 Å². The number of benzene rings is 2. The molecular weight excluding hydrogens is 371 g/mol. The van der Waals surface area contributed by atoms with E-state index in [1.807, 2.05) is 0 Å². The summed E-state index contributed by atoms with van der Waals surface area (Å²) in [5, 5.41) is -0.196. The molecule has 132 valence electrons. The minimum atomic E-state index is -3.98. The van der Waals surface area contributed by atoms with Crippen molar-refractivity contribution in [3.05, 3.63) is 57.3 Å². The molecule has 0 radical (unpaired) electrons. The summed E-state index contributed by atoms with van der Waals surface area (Å²) in [6.07, 6.45) is 0. The number of rotatable bonds is 4. The maximum atomic E-state index is 13.2. The molecule has 1 aromatic heterocycles. The molecule has 1 N–H and O–H groups in total. The number of oxazole rings is 1. The van der Waals surface area contributed by atoms with Crippen LogP contribution in [0.25, 0.3) is 11.1 Å². The topological polar surface area (TPSA) is 81.3 Å². The van der Waals surface area contributed by atoms with E-state index in [-0.39, 0.29) is 21.2 Å². The van der Waals surface area contributed by atoms with Crippen molar-refractivity contribution in [2.24, 2.45) is 0 Å². The Morgan fingerprint density at radius 2 is 2.00 bits per heavy atom. The number of halogens is 2. The van der Waals surface area contributed by atoms with Crippen LogP contribution in [0.5, 0.6) is 0 Å². The maximum Gasteiger partial charge on any atom is 0.419 e. The second kappa shape index (κ2) is 6.20. The summed E-state index contributed by atoms with van der Waals surface area (Å²) >= 11 is 5.67. The number of nitrogens with one attached hydrogen (secondary N) is 1. The van der Waals surface area contributed by atoms with Gasteiger partial charge < -0.3 is 4.42 Å². The average Bonchev–Trinajstić information content (AvgIpc) is 2.84. The van der Waals surface area contributed by atoms with E-state index in [1.165, 1.54) is 22.8 Å². The van der Waals surface area contributed by atoms with Crippen molar-refractivity contribution in [1.82, 2.24) is 4.57 Å². The lowest BCUT2D eigenvalue weighted by atomic mass is 10.2. The fourth-order valence-electron chi connectivity index (χ4n) is 2.55. The highest BCUT2D eigenvalue weighted by molar-refractivity contribution is 7.92. The molecule has 0 aliphatic heterocycles. The monoisotopic (exact) mass is 384 g/mol. The van der Waals surface area contributed by atoms with Crippen molar-refractivity contribution in [2.45, 2.75) is 25.3 Å². The number of nitrogens with zero attached hydrogens (tertiary/aromatic N) is 1. The quantitative estimate of drug-likeness (QED) is 0.746. The Bertz CT molecular complexity index is 1130. The number of anilines is 1. The molecule has 3 aromatic rings. The van der Waals surface area contributed by atoms with Gasteiger partial charge in [0.2, 0.25) is 0 Å². The van der Waals surface area contributed by atoms with Gasteiger partial charge in [-0.3, -0.25) is 9.29 Å². The standard InChI is InChI=1S/C16H14ClFN2O4S/c1-3-20-13-6-9(2)15(8-14(13)24-16(20)21)25(22,23)19-10-4-5-12(18)11(17)7-10/h4-8,19H,3H2,1-2H3. The van der Waals surface area contributed by atoms with Crippen LogP contribution in [0.3, 0.4) is 0 Å². The van der Waals surface area contributed by atoms with Crippen LogP contribution in [0.2, 0.25) is 5.02 Å². The minimum absolute atomic E-state index is 0.0440. The predicted octanol–water partition coefficient (Wildman–Crippen LogP) is 3.52. The third-order valence-electron chi connectivity index (χ3n) is 3.74. The Hall–Kier alpha value is -2.32. The summed E-state index contributed by atoms with van der Waals surface area (Å²) in [7, 11) is -3.98. The highest BCUT2D eigenvalue weighted by Crippen LogP contribution is 2.26. The van der Waals surface area contributed by atoms with E-state index < -0.39 is 21.6 Å². The molecule has 0 bridgehead atoms. The van der Waals surface area contributed by atoms with Crippen molar-refractivity contribution in [3.63, 3.8) is 0 Å². The van der Waals surface area contributed by atoms with Crippen LogP contribution in [0.1, 0.15) is 12.5 Å². The molecule has 0 unspecified atom stereocenters. The first-order chi connectivity index (χ1) is 11.7. The molecule has 1 heterocycles. The Balaban J connectivity index is 2.09. The molecule has 0 amide bonds. The molecule has 0 aliphatic carbocycles. The molecule has 0 aliphatic rings. The molecule has 2 aromatic carbocycles. The van der Waals surface area contributed by atoms with Crippen molar-refractivity contribution in [3.8, 4) is 0 Å². The molecule has 0 spiro atoms. The molecule has 3 rings (SSSR count). The molecule has 25 heavy (non-hydrogen) atoms. The SMILES string of the molecule is CCn1c(=O)oc2cc(S(=O)(=O)Nc3ccc(F)c(Cl)c3)c(C)cc21. The van der Waals surface area contributed by atoms with Crippen LogP contribution < -0.4 is 10.5 Å². The Labute approximate surface area is 147 Å². The Morgan fingerprint density at radius 3 is 2.64 bits per heavy atom. The van der Waals surface area contributed by atoms with Gasteiger partial charge in [0.15, 0.2) is 5.58 Å². The first-order valence-electron chi connectivity index (χ1n) is 7.35. The van der Waals surface area contributed by atoms with Gasteiger partial charge >= 0.3 is 5.76 Å². The van der Waals surface area contributed by atoms with Crippen LogP contribution in [0, 0.1) is 12.7 Å². The largest absolute Gasteiger partial charge is 0.419 e. The van der Waals surface area contributed by atoms with E-state index in [4.69, 9.17) is 16.0 Å². The first kappa shape index (κ1) is 17.5. The van der Waals surface area contributed by atoms with Gasteiger partial charge in [-0.05, 0) is 43.7 Å². The van der Waals surface area contributed by atoms with E-state index in [0.717, 1.165) is 6.07 Å². The number of hydrogen-bond acceptors (Lipinski definition) is 4. The predicted molar refractivity (Wildman–Crippen MR) is 93.1 cm³/mol. The van der Waals surface area contributed by atoms with Gasteiger partial charge in [-0.15, -0.1) is 0 Å². The van der Waals surface area contributed by atoms with Gasteiger partial charge in [0.25, 0.3) is 10.0 Å². The van der Waals surface area contributed by atoms with Gasteiger partial charge in [0.05, 0.1) is 21.1 Å². The third-order valence-corrected chi connectivity index (χ3v) is 5.56. The smallest absolute Gasteiger partial charge is 0.408 e. The van der Waals surface area contributed by atoms with Crippen LogP contribution in [0.4, 0.5) is 10.1 Å². The molecular formula is C16H14ClFN2O4S. The van der Waals surface area contributed by atoms with Crippen molar-refractivity contribution >= 4 is 38.4 Å². The second-order valence-corrected chi connectivity index (χ2v) is 7.49. The lowest BCUT2D eigenvalue weighted by molar-refractivity contribution is 0.512. The summed E-state index contributed by atoms with van der Waals surface area (Å²) in [6.45, 7) is 3.81. The number of fused-ring (bicyclic) bond motifs is 1. The minimum Gasteiger partial charge on any atom is -0.408 e. The van der Waals surface area contributed by atoms with Crippen LogP contribution in [-0.4, -0.2) is 13.0 Å². The van der Waals surface area contributed by atoms with Crippen molar-refractivity contribution in [2.75, 3.05) is 4.72 Å². The van der Waals surface area contributed by atoms with Crippen molar-refractivity contribution in [1.29, 1.82) is 0 Å². The summed E-state index contributed by atoms with van der Waals surface area (Å²) in [6, 6.07) is 6.38. The number of aromatic nitrogens is 1. The van der Waals surface area contributed by atoms with E-state index >= 15 is 0 Å². The zero-order valence-corrected chi connectivity index (χ0v) is 14.9. The normalized spacial score (nSPS) is 11.8. The van der Waals surface area contributed by atoms with Crippen molar-refractivity contribution < 1.29 is 17.2 Å². The molecule has 9 heteroatoms. The summed E-state index contributed by atoms with van der Waals surface area (Å²) in [5.74, 6) is -1.20. The zero-order valence-electron chi connectivity index (χ0n) is 13.3. The highest BCUT2D eigenvalue weighted by Gasteiger charge is 2.21. The first-order valence-corrected chi connectivity index (χ1v) is 9.21. The average molecular weight is 385 g/mol. The van der Waals surface area contributed by atoms with E-state index in [9.17, 15) is 17.6 Å². The molecule has 0 atom stereocenters. The fraction of sp³-hybridized carbons (Fsp3) is 0.188. The van der Waals surface area contributed by atoms with Gasteiger partial charge in [-0.25, -0.2) is 17.6 Å². The van der Waals surface area contributed by atoms with Crippen LogP contribution in [-0.2, 0) is 16.6 Å². The number of aryl methyl sites for hydroxylation is 2. The third kappa shape index (κ3) is 3.14.